The van der Waals surface area contributed by atoms with Crippen molar-refractivity contribution in [3.05, 3.63) is 41.3 Å². The molecule has 0 fully saturated rings. The van der Waals surface area contributed by atoms with E-state index in [0.717, 1.165) is 28.1 Å². The molecule has 0 saturated heterocycles. The van der Waals surface area contributed by atoms with Gasteiger partial charge in [0.05, 0.1) is 5.69 Å². The Kier molecular flexibility index (Phi) is 9.37. The fourth-order valence-electron chi connectivity index (χ4n) is 3.01. The van der Waals surface area contributed by atoms with E-state index >= 15 is 0 Å². The molecule has 0 unspecified atom stereocenters. The summed E-state index contributed by atoms with van der Waals surface area (Å²) in [7, 11) is -5.17. The van der Waals surface area contributed by atoms with Crippen LogP contribution in [0.15, 0.2) is 40.6 Å². The van der Waals surface area contributed by atoms with Crippen LogP contribution in [0.1, 0.15) is 5.56 Å². The average Bonchev–Trinajstić information content (AvgIpc) is 3.29. The van der Waals surface area contributed by atoms with Crippen LogP contribution in [0.4, 0.5) is 0 Å². The van der Waals surface area contributed by atoms with Gasteiger partial charge in [-0.25, -0.2) is 0 Å². The molecule has 2 aromatic carbocycles. The molecular weight excluding hydrogens is 467 g/mol. The molecule has 0 spiro atoms. The minimum absolute atomic E-state index is 0. The summed E-state index contributed by atoms with van der Waals surface area (Å²) >= 11 is 2.57. The molecule has 1 aliphatic rings. The average molecular weight is 481 g/mol. The minimum Gasteiger partial charge on any atom is -0.780 e. The second-order valence-corrected chi connectivity index (χ2v) is 8.56. The van der Waals surface area contributed by atoms with E-state index in [1.165, 1.54) is 23.3 Å². The molecule has 30 heavy (non-hydrogen) atoms. The summed E-state index contributed by atoms with van der Waals surface area (Å²) < 4.78 is 31.2. The summed E-state index contributed by atoms with van der Waals surface area (Å²) in [5.74, 6) is 1.40. The number of phosphoric ester groups is 1. The molecule has 1 aliphatic heterocycles. The summed E-state index contributed by atoms with van der Waals surface area (Å²) in [5, 5.41) is 1.86. The number of hydrogen-bond acceptors (Lipinski definition) is 9. The first-order chi connectivity index (χ1) is 13.4. The third kappa shape index (κ3) is 5.66. The van der Waals surface area contributed by atoms with Gasteiger partial charge >= 0.3 is 59.1 Å². The van der Waals surface area contributed by atoms with Gasteiger partial charge in [-0.05, 0) is 60.1 Å². The summed E-state index contributed by atoms with van der Waals surface area (Å²) in [6.07, 6.45) is 1.77. The molecule has 146 valence electrons. The molecule has 0 atom stereocenters. The van der Waals surface area contributed by atoms with E-state index in [4.69, 9.17) is 9.47 Å². The van der Waals surface area contributed by atoms with Gasteiger partial charge in [0.2, 0.25) is 6.79 Å². The maximum absolute atomic E-state index is 11.1. The van der Waals surface area contributed by atoms with Crippen molar-refractivity contribution >= 4 is 31.1 Å². The van der Waals surface area contributed by atoms with Gasteiger partial charge < -0.3 is 28.3 Å². The summed E-state index contributed by atoms with van der Waals surface area (Å²) in [5.41, 5.74) is 4.01. The second kappa shape index (κ2) is 10.7. The molecule has 0 aliphatic carbocycles. The van der Waals surface area contributed by atoms with Crippen molar-refractivity contribution in [1.29, 1.82) is 0 Å². The zero-order valence-corrected chi connectivity index (χ0v) is 23.4. The van der Waals surface area contributed by atoms with E-state index < -0.39 is 7.82 Å². The molecule has 4 rings (SSSR count). The number of nitrogens with zero attached hydrogens (tertiary/aromatic N) is 1. The molecule has 0 saturated carbocycles. The number of benzene rings is 2. The fourth-order valence-corrected chi connectivity index (χ4v) is 4.68. The van der Waals surface area contributed by atoms with Crippen molar-refractivity contribution in [2.45, 2.75) is 11.8 Å². The first-order valence-electron chi connectivity index (χ1n) is 8.11. The van der Waals surface area contributed by atoms with Crippen LogP contribution in [0.3, 0.4) is 0 Å². The first-order valence-corrected chi connectivity index (χ1v) is 11.6. The predicted octanol–water partition coefficient (Wildman–Crippen LogP) is -2.55. The minimum atomic E-state index is -5.17. The van der Waals surface area contributed by atoms with Gasteiger partial charge in [0, 0.05) is 21.4 Å². The van der Waals surface area contributed by atoms with Gasteiger partial charge in [-0.15, -0.1) is 11.8 Å². The van der Waals surface area contributed by atoms with E-state index in [1.54, 1.807) is 18.4 Å². The van der Waals surface area contributed by atoms with Crippen LogP contribution in [-0.2, 0) is 4.57 Å². The van der Waals surface area contributed by atoms with Crippen molar-refractivity contribution in [2.24, 2.45) is 0 Å². The summed E-state index contributed by atoms with van der Waals surface area (Å²) in [6.45, 7) is 2.12. The summed E-state index contributed by atoms with van der Waals surface area (Å²) in [6, 6.07) is 8.93. The van der Waals surface area contributed by atoms with Crippen molar-refractivity contribution < 1.29 is 87.5 Å². The molecular formula is C18H14NNa2O6PS2. The Morgan fingerprint density at radius 3 is 2.63 bits per heavy atom. The largest absolute Gasteiger partial charge is 1.00 e. The van der Waals surface area contributed by atoms with Crippen LogP contribution in [0, 0.1) is 6.92 Å². The van der Waals surface area contributed by atoms with Crippen LogP contribution >= 0.6 is 31.1 Å². The van der Waals surface area contributed by atoms with Crippen molar-refractivity contribution in [1.82, 2.24) is 4.37 Å². The molecule has 0 N–H and O–H groups in total. The van der Waals surface area contributed by atoms with Crippen LogP contribution in [0.25, 0.3) is 22.4 Å². The van der Waals surface area contributed by atoms with Gasteiger partial charge in [-0.1, -0.05) is 6.07 Å². The van der Waals surface area contributed by atoms with E-state index in [2.05, 4.69) is 8.90 Å². The smallest absolute Gasteiger partial charge is 0.780 e. The number of hydrogen-bond donors (Lipinski definition) is 0. The van der Waals surface area contributed by atoms with Gasteiger partial charge in [0.25, 0.3) is 0 Å². The van der Waals surface area contributed by atoms with Crippen LogP contribution < -0.4 is 82.9 Å². The molecule has 0 amide bonds. The zero-order chi connectivity index (χ0) is 19.9. The molecule has 0 bridgehead atoms. The van der Waals surface area contributed by atoms with Gasteiger partial charge in [0.15, 0.2) is 11.5 Å². The number of phosphoric acid groups is 1. The van der Waals surface area contributed by atoms with Crippen molar-refractivity contribution in [2.75, 3.05) is 13.0 Å². The quantitative estimate of drug-likeness (QED) is 0.223. The molecule has 1 aromatic heterocycles. The first kappa shape index (κ1) is 26.2. The maximum atomic E-state index is 11.1. The Labute approximate surface area is 226 Å². The number of aromatic nitrogens is 1. The summed E-state index contributed by atoms with van der Waals surface area (Å²) in [4.78, 5) is 22.8. The Balaban J connectivity index is 0.00000160. The fraction of sp³-hybridized carbons (Fsp3) is 0.167. The van der Waals surface area contributed by atoms with E-state index in [1.807, 2.05) is 30.5 Å². The third-order valence-electron chi connectivity index (χ3n) is 4.19. The Morgan fingerprint density at radius 1 is 1.17 bits per heavy atom. The Hall–Kier alpha value is -0.0300. The third-order valence-corrected chi connectivity index (χ3v) is 6.01. The predicted molar refractivity (Wildman–Crippen MR) is 104 cm³/mol. The van der Waals surface area contributed by atoms with E-state index in [-0.39, 0.29) is 71.7 Å². The number of ether oxygens (including phenoxy) is 2. The molecule has 7 nitrogen and oxygen atoms in total. The maximum Gasteiger partial charge on any atom is 1.00 e. The molecule has 3 aromatic rings. The van der Waals surface area contributed by atoms with E-state index in [9.17, 15) is 14.4 Å². The number of fused-ring (bicyclic) bond motifs is 1. The SMILES string of the molecule is CSc1ccc(-c2csnc2-c2cc(C)c3c(c2)OCO3)cc1OP(=O)([O-])[O-].[Na+].[Na+]. The second-order valence-electron chi connectivity index (χ2n) is 6.01. The monoisotopic (exact) mass is 481 g/mol. The van der Waals surface area contributed by atoms with Crippen molar-refractivity contribution in [3.8, 4) is 39.6 Å². The number of thioether (sulfide) groups is 1. The van der Waals surface area contributed by atoms with Crippen LogP contribution in [0.5, 0.6) is 17.2 Å². The normalized spacial score (nSPS) is 12.1. The van der Waals surface area contributed by atoms with Crippen molar-refractivity contribution in [3.63, 3.8) is 0 Å². The van der Waals surface area contributed by atoms with E-state index in [0.29, 0.717) is 16.2 Å². The Bertz CT molecular complexity index is 1100. The number of aryl methyl sites for hydroxylation is 1. The van der Waals surface area contributed by atoms with Gasteiger partial charge in [-0.2, -0.15) is 4.37 Å². The zero-order valence-electron chi connectivity index (χ0n) is 16.8. The standard InChI is InChI=1S/C18H16NO6PS2.2Na/c1-10-5-12(7-15-18(10)24-9-23-15)17-13(8-28-19-17)11-3-4-16(27-2)14(6-11)25-26(20,21)22;;/h3-8H,9H2,1-2H3,(H2,20,21,22);;/q;2*+1/p-2. The van der Waals surface area contributed by atoms with Crippen LogP contribution in [0.2, 0.25) is 0 Å². The number of rotatable bonds is 5. The van der Waals surface area contributed by atoms with Gasteiger partial charge in [0.1, 0.15) is 13.6 Å². The molecule has 0 radical (unpaired) electrons. The van der Waals surface area contributed by atoms with Gasteiger partial charge in [-0.3, -0.25) is 0 Å². The van der Waals surface area contributed by atoms with Crippen LogP contribution in [-0.4, -0.2) is 17.4 Å². The molecule has 12 heteroatoms. The molecule has 2 heterocycles. The topological polar surface area (TPSA) is 104 Å². The Morgan fingerprint density at radius 2 is 1.93 bits per heavy atom.